The molecule has 0 radical (unpaired) electrons. The minimum absolute atomic E-state index is 0.00261. The standard InChI is InChI=1S/C46H64N7O5/c1-31-23-51(24-32(2)47(31)5)45(54)39-29-49(27-35-15-9-7-10-16-35)43-37(39)19-13-21-41(43)57-53(56)58-42-22-14-20-38-40(46(55)52-25-33(3)48(6)34(4)26-52)30-50(44(38)42)28-36-17-11-8-12-18-36/h13-14,19-22,29-36H,7-12,15-18,23-28H2,1-6H3/q+1/t31-,32+,33-,34+. The summed E-state index contributed by atoms with van der Waals surface area (Å²) in [4.78, 5) is 63.3. The van der Waals surface area contributed by atoms with Gasteiger partial charge in [0.25, 0.3) is 11.8 Å². The van der Waals surface area contributed by atoms with Crippen molar-refractivity contribution in [3.63, 3.8) is 0 Å². The predicted molar refractivity (Wildman–Crippen MR) is 227 cm³/mol. The number of likely N-dealkylation sites (N-methyl/N-ethyl adjacent to an activating group) is 2. The van der Waals surface area contributed by atoms with Crippen LogP contribution in [0.3, 0.4) is 0 Å². The van der Waals surface area contributed by atoms with Crippen LogP contribution in [0.4, 0.5) is 0 Å². The number of aromatic nitrogens is 2. The van der Waals surface area contributed by atoms with E-state index in [1.165, 1.54) is 38.5 Å². The zero-order valence-electron chi connectivity index (χ0n) is 35.6. The van der Waals surface area contributed by atoms with E-state index >= 15 is 0 Å². The van der Waals surface area contributed by atoms with Gasteiger partial charge in [0, 0.05) is 86.6 Å². The molecular formula is C46H64N7O5+. The summed E-state index contributed by atoms with van der Waals surface area (Å²) < 4.78 is 4.28. The first kappa shape index (κ1) is 40.4. The molecule has 2 saturated carbocycles. The maximum atomic E-state index is 14.3. The van der Waals surface area contributed by atoms with E-state index in [4.69, 9.17) is 9.68 Å². The van der Waals surface area contributed by atoms with Gasteiger partial charge in [-0.3, -0.25) is 19.4 Å². The predicted octanol–water partition coefficient (Wildman–Crippen LogP) is 8.15. The lowest BCUT2D eigenvalue weighted by molar-refractivity contribution is -0.920. The van der Waals surface area contributed by atoms with Gasteiger partial charge in [-0.15, -0.1) is 9.68 Å². The van der Waals surface area contributed by atoms with Gasteiger partial charge in [-0.1, -0.05) is 62.8 Å². The molecule has 2 aromatic heterocycles. The Morgan fingerprint density at radius 3 is 1.31 bits per heavy atom. The number of piperazine rings is 2. The third-order valence-electron chi connectivity index (χ3n) is 14.2. The third kappa shape index (κ3) is 8.11. The highest BCUT2D eigenvalue weighted by atomic mass is 17.0. The fourth-order valence-corrected chi connectivity index (χ4v) is 10.4. The van der Waals surface area contributed by atoms with Crippen LogP contribution in [0.1, 0.15) is 113 Å². The number of hydrogen-bond acceptors (Lipinski definition) is 7. The minimum atomic E-state index is 0.00261. The second kappa shape index (κ2) is 17.0. The lowest BCUT2D eigenvalue weighted by Gasteiger charge is -2.42. The molecule has 2 saturated heterocycles. The summed E-state index contributed by atoms with van der Waals surface area (Å²) in [6, 6.07) is 12.2. The fourth-order valence-electron chi connectivity index (χ4n) is 10.4. The first-order valence-electron chi connectivity index (χ1n) is 22.1. The summed E-state index contributed by atoms with van der Waals surface area (Å²) in [6.45, 7) is 12.8. The van der Waals surface area contributed by atoms with Crippen molar-refractivity contribution in [1.29, 1.82) is 0 Å². The summed E-state index contributed by atoms with van der Waals surface area (Å²) in [5.74, 6) is 1.63. The molecule has 2 aliphatic carbocycles. The number of fused-ring (bicyclic) bond motifs is 2. The zero-order chi connectivity index (χ0) is 40.7. The van der Waals surface area contributed by atoms with Gasteiger partial charge in [-0.2, -0.15) is 0 Å². The number of para-hydroxylation sites is 2. The van der Waals surface area contributed by atoms with Crippen LogP contribution in [0.25, 0.3) is 21.8 Å². The Kier molecular flexibility index (Phi) is 11.9. The van der Waals surface area contributed by atoms with E-state index in [2.05, 4.69) is 60.7 Å². The zero-order valence-corrected chi connectivity index (χ0v) is 35.6. The first-order valence-corrected chi connectivity index (χ1v) is 22.1. The van der Waals surface area contributed by atoms with E-state index in [9.17, 15) is 14.5 Å². The molecular weight excluding hydrogens is 731 g/mol. The van der Waals surface area contributed by atoms with E-state index in [0.717, 1.165) is 60.6 Å². The van der Waals surface area contributed by atoms with Gasteiger partial charge in [0.15, 0.2) is 0 Å². The van der Waals surface area contributed by atoms with Crippen molar-refractivity contribution in [3.8, 4) is 11.5 Å². The van der Waals surface area contributed by atoms with E-state index in [-0.39, 0.29) is 41.1 Å². The number of carbonyl (C=O) groups is 2. The highest BCUT2D eigenvalue weighted by Gasteiger charge is 2.35. The van der Waals surface area contributed by atoms with E-state index in [1.54, 1.807) is 12.1 Å². The van der Waals surface area contributed by atoms with Crippen LogP contribution >= 0.6 is 0 Å². The molecule has 4 fully saturated rings. The van der Waals surface area contributed by atoms with Crippen LogP contribution < -0.4 is 9.68 Å². The molecule has 12 nitrogen and oxygen atoms in total. The minimum Gasteiger partial charge on any atom is -0.343 e. The maximum absolute atomic E-state index is 14.3. The average molecular weight is 795 g/mol. The van der Waals surface area contributed by atoms with E-state index < -0.39 is 0 Å². The Balaban J connectivity index is 1.11. The average Bonchev–Trinajstić information content (AvgIpc) is 3.78. The normalized spacial score (nSPS) is 24.4. The second-order valence-electron chi connectivity index (χ2n) is 18.3. The molecule has 4 aromatic rings. The van der Waals surface area contributed by atoms with E-state index in [1.807, 2.05) is 46.5 Å². The van der Waals surface area contributed by atoms with Gasteiger partial charge in [-0.25, -0.2) is 0 Å². The van der Waals surface area contributed by atoms with Crippen LogP contribution in [0.5, 0.6) is 11.5 Å². The molecule has 12 heteroatoms. The summed E-state index contributed by atoms with van der Waals surface area (Å²) in [5, 5.41) is 1.73. The van der Waals surface area contributed by atoms with Gasteiger partial charge >= 0.3 is 5.09 Å². The molecule has 2 aromatic carbocycles. The van der Waals surface area contributed by atoms with Crippen molar-refractivity contribution in [2.45, 2.75) is 129 Å². The summed E-state index contributed by atoms with van der Waals surface area (Å²) in [7, 11) is 4.24. The van der Waals surface area contributed by atoms with Crippen molar-refractivity contribution in [1.82, 2.24) is 28.7 Å². The van der Waals surface area contributed by atoms with Crippen molar-refractivity contribution in [2.24, 2.45) is 11.8 Å². The van der Waals surface area contributed by atoms with Crippen LogP contribution in [0.2, 0.25) is 0 Å². The number of benzene rings is 2. The van der Waals surface area contributed by atoms with Crippen LogP contribution in [0, 0.1) is 16.7 Å². The van der Waals surface area contributed by atoms with Gasteiger partial charge in [0.05, 0.1) is 11.1 Å². The topological polar surface area (TPSA) is 95.5 Å². The molecule has 0 bridgehead atoms. The van der Waals surface area contributed by atoms with Crippen molar-refractivity contribution in [3.05, 3.63) is 64.8 Å². The molecule has 2 aliphatic heterocycles. The van der Waals surface area contributed by atoms with Gasteiger partial charge < -0.3 is 18.9 Å². The molecule has 0 N–H and O–H groups in total. The Bertz CT molecular complexity index is 1960. The second-order valence-corrected chi connectivity index (χ2v) is 18.3. The smallest absolute Gasteiger partial charge is 0.343 e. The number of hydrogen-bond donors (Lipinski definition) is 0. The SMILES string of the molecule is C[C@@H]1CN(C(=O)c2cn(CC3CCCCC3)c3c(O[N+](=O)Oc4cccc5c(C(=O)N6C[C@@H](C)N(C)[C@@H](C)C6)cn(CC6CCCCC6)c45)cccc23)C[C@H](C)N1C. The molecule has 312 valence electrons. The van der Waals surface area contributed by atoms with Crippen LogP contribution in [-0.4, -0.2) is 110 Å². The van der Waals surface area contributed by atoms with Crippen molar-refractivity contribution < 1.29 is 24.4 Å². The third-order valence-corrected chi connectivity index (χ3v) is 14.2. The highest BCUT2D eigenvalue weighted by Crippen LogP contribution is 2.37. The maximum Gasteiger partial charge on any atom is 0.489 e. The molecule has 58 heavy (non-hydrogen) atoms. The Morgan fingerprint density at radius 2 is 0.948 bits per heavy atom. The highest BCUT2D eigenvalue weighted by molar-refractivity contribution is 6.09. The largest absolute Gasteiger partial charge is 0.489 e. The molecule has 0 spiro atoms. The van der Waals surface area contributed by atoms with E-state index in [0.29, 0.717) is 60.6 Å². The number of amides is 2. The lowest BCUT2D eigenvalue weighted by Crippen LogP contribution is -2.56. The van der Waals surface area contributed by atoms with Crippen molar-refractivity contribution >= 4 is 33.6 Å². The molecule has 4 heterocycles. The number of nitrogens with zero attached hydrogens (tertiary/aromatic N) is 7. The van der Waals surface area contributed by atoms with Gasteiger partial charge in [0.1, 0.15) is 15.9 Å². The molecule has 4 aliphatic rings. The Labute approximate surface area is 343 Å². The Hall–Kier alpha value is -4.42. The molecule has 4 atom stereocenters. The molecule has 2 amide bonds. The van der Waals surface area contributed by atoms with Crippen LogP contribution in [0.15, 0.2) is 48.8 Å². The number of carbonyl (C=O) groups excluding carboxylic acids is 2. The van der Waals surface area contributed by atoms with Gasteiger partial charge in [0.2, 0.25) is 11.5 Å². The quantitative estimate of drug-likeness (QED) is 0.150. The lowest BCUT2D eigenvalue weighted by atomic mass is 9.89. The summed E-state index contributed by atoms with van der Waals surface area (Å²) in [5.41, 5.74) is 2.70. The van der Waals surface area contributed by atoms with Crippen molar-refractivity contribution in [2.75, 3.05) is 40.3 Å². The summed E-state index contributed by atoms with van der Waals surface area (Å²) in [6.07, 6.45) is 15.8. The monoisotopic (exact) mass is 794 g/mol. The Morgan fingerprint density at radius 1 is 0.586 bits per heavy atom. The molecule has 8 rings (SSSR count). The fraction of sp³-hybridized carbons (Fsp3) is 0.609. The number of rotatable bonds is 10. The van der Waals surface area contributed by atoms with Gasteiger partial charge in [-0.05, 0) is 91.4 Å². The first-order chi connectivity index (χ1) is 28.0. The molecule has 0 unspecified atom stereocenters. The summed E-state index contributed by atoms with van der Waals surface area (Å²) >= 11 is 0. The van der Waals surface area contributed by atoms with Crippen LogP contribution in [-0.2, 0) is 13.1 Å².